The van der Waals surface area contributed by atoms with Gasteiger partial charge in [-0.15, -0.1) is 11.3 Å². The number of nitrogens with zero attached hydrogens (tertiary/aromatic N) is 6. The van der Waals surface area contributed by atoms with Crippen molar-refractivity contribution in [2.45, 2.75) is 13.2 Å². The van der Waals surface area contributed by atoms with Crippen LogP contribution in [0.5, 0.6) is 0 Å². The van der Waals surface area contributed by atoms with Crippen molar-refractivity contribution in [3.63, 3.8) is 0 Å². The van der Waals surface area contributed by atoms with Gasteiger partial charge in [0.15, 0.2) is 6.61 Å². The van der Waals surface area contributed by atoms with Crippen molar-refractivity contribution in [2.75, 3.05) is 0 Å². The molecule has 0 aromatic carbocycles. The Morgan fingerprint density at radius 2 is 2.57 bits per heavy atom. The summed E-state index contributed by atoms with van der Waals surface area (Å²) in [5.74, 6) is 4.73. The highest BCUT2D eigenvalue weighted by molar-refractivity contribution is 7.11. The lowest BCUT2D eigenvalue weighted by Crippen LogP contribution is -1.83. The summed E-state index contributed by atoms with van der Waals surface area (Å²) >= 11 is 1.38. The number of hydrogen-bond acceptors (Lipinski definition) is 6. The Kier molecular flexibility index (Phi) is 4.18. The Bertz CT molecular complexity index is 355. The molecule has 9 heteroatoms. The van der Waals surface area contributed by atoms with Crippen molar-refractivity contribution in [2.24, 2.45) is 21.5 Å². The van der Waals surface area contributed by atoms with Gasteiger partial charge in [-0.05, 0) is 10.8 Å². The fraction of sp³-hybridized carbons (Fsp3) is 0.400. The molecule has 0 spiro atoms. The van der Waals surface area contributed by atoms with Gasteiger partial charge in [-0.2, -0.15) is 0 Å². The Morgan fingerprint density at radius 3 is 3.29 bits per heavy atom. The van der Waals surface area contributed by atoms with Gasteiger partial charge in [-0.3, -0.25) is 0 Å². The first kappa shape index (κ1) is 10.2. The molecule has 0 atom stereocenters. The SMILES string of the molecule is [N-]=[N+]=NCc1ncc(CON=NN)s1. The molecule has 8 nitrogen and oxygen atoms in total. The zero-order valence-corrected chi connectivity index (χ0v) is 7.89. The maximum absolute atomic E-state index is 8.08. The molecule has 0 unspecified atom stereocenters. The van der Waals surface area contributed by atoms with Gasteiger partial charge in [0.25, 0.3) is 0 Å². The second-order valence-electron chi connectivity index (χ2n) is 2.08. The monoisotopic (exact) mass is 213 g/mol. The van der Waals surface area contributed by atoms with Crippen LogP contribution in [0.4, 0.5) is 0 Å². The summed E-state index contributed by atoms with van der Waals surface area (Å²) in [7, 11) is 0. The average molecular weight is 213 g/mol. The van der Waals surface area contributed by atoms with Crippen molar-refractivity contribution in [3.8, 4) is 0 Å². The number of azide groups is 1. The van der Waals surface area contributed by atoms with Crippen LogP contribution >= 0.6 is 11.3 Å². The summed E-state index contributed by atoms with van der Waals surface area (Å²) in [4.78, 5) is 12.2. The van der Waals surface area contributed by atoms with Gasteiger partial charge in [0, 0.05) is 16.4 Å². The fourth-order valence-corrected chi connectivity index (χ4v) is 1.45. The topological polar surface area (TPSA) is 122 Å². The van der Waals surface area contributed by atoms with Crippen LogP contribution in [-0.2, 0) is 18.0 Å². The standard InChI is InChI=1S/C5H7N7OS/c6-10-9-2-5-8-1-4(14-5)3-13-12-11-7/h1H,2-3H2,(H2,7,12). The second-order valence-corrected chi connectivity index (χ2v) is 3.28. The molecule has 0 aliphatic heterocycles. The Balaban J connectivity index is 2.46. The van der Waals surface area contributed by atoms with Crippen LogP contribution in [0.1, 0.15) is 9.88 Å². The van der Waals surface area contributed by atoms with Gasteiger partial charge in [0.1, 0.15) is 0 Å². The van der Waals surface area contributed by atoms with E-state index in [0.717, 1.165) is 9.88 Å². The fourth-order valence-electron chi connectivity index (χ4n) is 0.706. The zero-order chi connectivity index (χ0) is 10.2. The van der Waals surface area contributed by atoms with Crippen LogP contribution in [0.25, 0.3) is 10.4 Å². The lowest BCUT2D eigenvalue weighted by atomic mass is 10.6. The van der Waals surface area contributed by atoms with Crippen molar-refractivity contribution < 1.29 is 4.84 Å². The molecule has 2 N–H and O–H groups in total. The van der Waals surface area contributed by atoms with Crippen molar-refractivity contribution >= 4 is 11.3 Å². The van der Waals surface area contributed by atoms with Gasteiger partial charge < -0.3 is 10.7 Å². The van der Waals surface area contributed by atoms with E-state index in [0.29, 0.717) is 0 Å². The van der Waals surface area contributed by atoms with Crippen LogP contribution in [0, 0.1) is 0 Å². The summed E-state index contributed by atoms with van der Waals surface area (Å²) in [6, 6.07) is 0. The molecule has 1 aromatic rings. The van der Waals surface area contributed by atoms with Crippen LogP contribution in [0.15, 0.2) is 21.8 Å². The van der Waals surface area contributed by atoms with E-state index in [2.05, 4.69) is 30.3 Å². The molecule has 0 saturated carbocycles. The predicted octanol–water partition coefficient (Wildman–Crippen LogP) is 1.71. The van der Waals surface area contributed by atoms with Crippen LogP contribution in [-0.4, -0.2) is 4.98 Å². The maximum atomic E-state index is 8.08. The molecule has 0 saturated heterocycles. The first-order chi connectivity index (χ1) is 6.86. The van der Waals surface area contributed by atoms with E-state index >= 15 is 0 Å². The summed E-state index contributed by atoms with van der Waals surface area (Å²) in [5.41, 5.74) is 8.08. The molecule has 0 aliphatic rings. The molecule has 0 bridgehead atoms. The number of rotatable bonds is 5. The van der Waals surface area contributed by atoms with Gasteiger partial charge in [0.2, 0.25) is 0 Å². The summed E-state index contributed by atoms with van der Waals surface area (Å²) in [6.07, 6.45) is 1.62. The molecule has 0 aliphatic carbocycles. The molecule has 14 heavy (non-hydrogen) atoms. The van der Waals surface area contributed by atoms with E-state index in [4.69, 9.17) is 11.4 Å². The zero-order valence-electron chi connectivity index (χ0n) is 7.07. The minimum atomic E-state index is 0.250. The van der Waals surface area contributed by atoms with Crippen LogP contribution in [0.2, 0.25) is 0 Å². The highest BCUT2D eigenvalue weighted by Crippen LogP contribution is 2.14. The second kappa shape index (κ2) is 5.73. The lowest BCUT2D eigenvalue weighted by Gasteiger charge is -1.90. The summed E-state index contributed by atoms with van der Waals surface area (Å²) in [6.45, 7) is 0.508. The van der Waals surface area contributed by atoms with Crippen molar-refractivity contribution in [1.82, 2.24) is 4.98 Å². The number of nitrogens with two attached hydrogens (primary N) is 1. The maximum Gasteiger partial charge on any atom is 0.154 e. The van der Waals surface area contributed by atoms with E-state index in [1.807, 2.05) is 0 Å². The third-order valence-corrected chi connectivity index (χ3v) is 2.14. The van der Waals surface area contributed by atoms with Crippen molar-refractivity contribution in [3.05, 3.63) is 26.5 Å². The molecule has 1 rings (SSSR count). The third-order valence-electron chi connectivity index (χ3n) is 1.18. The van der Waals surface area contributed by atoms with E-state index in [-0.39, 0.29) is 13.2 Å². The van der Waals surface area contributed by atoms with Gasteiger partial charge in [-0.1, -0.05) is 5.11 Å². The predicted molar refractivity (Wildman–Crippen MR) is 48.8 cm³/mol. The van der Waals surface area contributed by atoms with Gasteiger partial charge >= 0.3 is 0 Å². The van der Waals surface area contributed by atoms with E-state index < -0.39 is 0 Å². The highest BCUT2D eigenvalue weighted by Gasteiger charge is 2.00. The molecule has 0 radical (unpaired) electrons. The number of aromatic nitrogens is 1. The Hall–Kier alpha value is -1.86. The Labute approximate surface area is 83.0 Å². The van der Waals surface area contributed by atoms with Gasteiger partial charge in [0.05, 0.1) is 16.4 Å². The molecular weight excluding hydrogens is 206 g/mol. The molecule has 1 aromatic heterocycles. The third kappa shape index (κ3) is 3.25. The van der Waals surface area contributed by atoms with E-state index in [1.165, 1.54) is 11.3 Å². The lowest BCUT2D eigenvalue weighted by molar-refractivity contribution is 0.110. The average Bonchev–Trinajstić information content (AvgIpc) is 2.63. The number of hydrogen-bond donors (Lipinski definition) is 1. The van der Waals surface area contributed by atoms with E-state index in [1.54, 1.807) is 6.20 Å². The molecule has 0 fully saturated rings. The summed E-state index contributed by atoms with van der Waals surface area (Å²) in [5, 5.41) is 10.2. The highest BCUT2D eigenvalue weighted by atomic mass is 32.1. The smallest absolute Gasteiger partial charge is 0.154 e. The molecule has 74 valence electrons. The quantitative estimate of drug-likeness (QED) is 0.263. The molecule has 1 heterocycles. The summed E-state index contributed by atoms with van der Waals surface area (Å²) < 4.78 is 0. The number of thiazole rings is 1. The Morgan fingerprint density at radius 1 is 1.71 bits per heavy atom. The first-order valence-corrected chi connectivity index (χ1v) is 4.35. The van der Waals surface area contributed by atoms with Crippen LogP contribution < -0.4 is 5.84 Å². The minimum Gasteiger partial charge on any atom is -0.372 e. The van der Waals surface area contributed by atoms with Crippen LogP contribution in [0.3, 0.4) is 0 Å². The molecular formula is C5H7N7OS. The minimum absolute atomic E-state index is 0.250. The van der Waals surface area contributed by atoms with Gasteiger partial charge in [-0.25, -0.2) is 4.98 Å². The normalized spacial score (nSPS) is 10.0. The molecule has 0 amide bonds. The van der Waals surface area contributed by atoms with E-state index in [9.17, 15) is 0 Å². The van der Waals surface area contributed by atoms with Crippen molar-refractivity contribution in [1.29, 1.82) is 0 Å². The first-order valence-electron chi connectivity index (χ1n) is 3.53. The largest absolute Gasteiger partial charge is 0.372 e.